The lowest BCUT2D eigenvalue weighted by Gasteiger charge is -2.14. The number of hydrogen-bond acceptors (Lipinski definition) is 5. The molecule has 6 nitrogen and oxygen atoms in total. The van der Waals surface area contributed by atoms with Crippen LogP contribution in [0.4, 0.5) is 27.8 Å². The lowest BCUT2D eigenvalue weighted by atomic mass is 10.2. The van der Waals surface area contributed by atoms with E-state index < -0.39 is 40.6 Å². The standard InChI is InChI=1S/C8H5F5N2O4/c1-18-5-4(19-8(11,12)13)3(6(9)10)2-14-7(5)15(16)17/h2,6H,1H3. The van der Waals surface area contributed by atoms with Crippen molar-refractivity contribution in [3.05, 3.63) is 21.9 Å². The van der Waals surface area contributed by atoms with Crippen LogP contribution in [-0.4, -0.2) is 23.4 Å². The van der Waals surface area contributed by atoms with Crippen molar-refractivity contribution >= 4 is 5.82 Å². The molecule has 0 aliphatic rings. The minimum atomic E-state index is -5.31. The summed E-state index contributed by atoms with van der Waals surface area (Å²) in [4.78, 5) is 12.3. The molecule has 1 aromatic rings. The number of aromatic nitrogens is 1. The van der Waals surface area contributed by atoms with Gasteiger partial charge in [-0.25, -0.2) is 8.78 Å². The molecular formula is C8H5F5N2O4. The molecule has 0 aromatic carbocycles. The highest BCUT2D eigenvalue weighted by Gasteiger charge is 2.38. The first-order valence-corrected chi connectivity index (χ1v) is 4.42. The molecule has 1 heterocycles. The van der Waals surface area contributed by atoms with Crippen LogP contribution in [0.2, 0.25) is 0 Å². The van der Waals surface area contributed by atoms with E-state index in [-0.39, 0.29) is 6.20 Å². The van der Waals surface area contributed by atoms with Crippen LogP contribution in [0.25, 0.3) is 0 Å². The van der Waals surface area contributed by atoms with Crippen LogP contribution in [0.5, 0.6) is 11.5 Å². The van der Waals surface area contributed by atoms with Crippen molar-refractivity contribution in [1.29, 1.82) is 0 Å². The quantitative estimate of drug-likeness (QED) is 0.484. The summed E-state index contributed by atoms with van der Waals surface area (Å²) in [5.41, 5.74) is -1.26. The van der Waals surface area contributed by atoms with Crippen LogP contribution in [0.3, 0.4) is 0 Å². The lowest BCUT2D eigenvalue weighted by molar-refractivity contribution is -0.390. The average Bonchev–Trinajstić information content (AvgIpc) is 2.25. The Bertz CT molecular complexity index is 491. The summed E-state index contributed by atoms with van der Waals surface area (Å²) in [5.74, 6) is -3.77. The molecule has 1 aromatic heterocycles. The number of ether oxygens (including phenoxy) is 2. The molecule has 106 valence electrons. The largest absolute Gasteiger partial charge is 0.573 e. The van der Waals surface area contributed by atoms with E-state index in [0.29, 0.717) is 0 Å². The smallest absolute Gasteiger partial charge is 0.486 e. The molecule has 0 spiro atoms. The second-order valence-corrected chi connectivity index (χ2v) is 3.01. The van der Waals surface area contributed by atoms with E-state index in [2.05, 4.69) is 14.5 Å². The van der Waals surface area contributed by atoms with Gasteiger partial charge in [0, 0.05) is 0 Å². The van der Waals surface area contributed by atoms with Crippen molar-refractivity contribution in [1.82, 2.24) is 4.98 Å². The Labute approximate surface area is 101 Å². The molecule has 1 rings (SSSR count). The summed E-state index contributed by atoms with van der Waals surface area (Å²) < 4.78 is 69.1. The maximum Gasteiger partial charge on any atom is 0.573 e. The summed E-state index contributed by atoms with van der Waals surface area (Å²) in [6.07, 6.45) is -8.46. The molecule has 0 aliphatic carbocycles. The first-order chi connectivity index (χ1) is 8.67. The molecule has 0 unspecified atom stereocenters. The molecule has 0 saturated carbocycles. The summed E-state index contributed by atoms with van der Waals surface area (Å²) in [7, 11) is 0.766. The number of methoxy groups -OCH3 is 1. The van der Waals surface area contributed by atoms with Gasteiger partial charge in [0.1, 0.15) is 5.56 Å². The van der Waals surface area contributed by atoms with Crippen LogP contribution in [-0.2, 0) is 0 Å². The van der Waals surface area contributed by atoms with Gasteiger partial charge in [0.25, 0.3) is 12.2 Å². The molecule has 0 radical (unpaired) electrons. The number of pyridine rings is 1. The van der Waals surface area contributed by atoms with E-state index >= 15 is 0 Å². The molecule has 0 fully saturated rings. The number of nitro groups is 1. The summed E-state index contributed by atoms with van der Waals surface area (Å²) >= 11 is 0. The maximum absolute atomic E-state index is 12.5. The zero-order valence-corrected chi connectivity index (χ0v) is 9.07. The third kappa shape index (κ3) is 3.39. The number of halogens is 5. The molecule has 0 bridgehead atoms. The second-order valence-electron chi connectivity index (χ2n) is 3.01. The molecule has 19 heavy (non-hydrogen) atoms. The van der Waals surface area contributed by atoms with E-state index in [0.717, 1.165) is 7.11 Å². The Hall–Kier alpha value is -2.20. The van der Waals surface area contributed by atoms with Crippen LogP contribution >= 0.6 is 0 Å². The minimum Gasteiger partial charge on any atom is -0.486 e. The van der Waals surface area contributed by atoms with Gasteiger partial charge in [-0.05, 0) is 9.91 Å². The maximum atomic E-state index is 12.5. The van der Waals surface area contributed by atoms with Crippen molar-refractivity contribution in [3.63, 3.8) is 0 Å². The summed E-state index contributed by atoms with van der Waals surface area (Å²) in [5, 5.41) is 10.5. The van der Waals surface area contributed by atoms with Gasteiger partial charge in [-0.1, -0.05) is 0 Å². The predicted octanol–water partition coefficient (Wildman–Crippen LogP) is 2.83. The van der Waals surface area contributed by atoms with Crippen LogP contribution in [0, 0.1) is 10.1 Å². The Kier molecular flexibility index (Phi) is 4.07. The highest BCUT2D eigenvalue weighted by molar-refractivity contribution is 5.55. The first kappa shape index (κ1) is 14.9. The molecule has 11 heteroatoms. The number of hydrogen-bond donors (Lipinski definition) is 0. The average molecular weight is 288 g/mol. The Morgan fingerprint density at radius 1 is 1.37 bits per heavy atom. The van der Waals surface area contributed by atoms with Gasteiger partial charge in [0.2, 0.25) is 0 Å². The Balaban J connectivity index is 3.50. The zero-order valence-electron chi connectivity index (χ0n) is 9.07. The second kappa shape index (κ2) is 5.20. The SMILES string of the molecule is COc1c([N+](=O)[O-])ncc(C(F)F)c1OC(F)(F)F. The van der Waals surface area contributed by atoms with Gasteiger partial charge in [0.15, 0.2) is 11.9 Å². The van der Waals surface area contributed by atoms with Crippen LogP contribution in [0.15, 0.2) is 6.20 Å². The normalized spacial score (nSPS) is 11.5. The van der Waals surface area contributed by atoms with E-state index in [4.69, 9.17) is 0 Å². The number of alkyl halides is 5. The van der Waals surface area contributed by atoms with Crippen LogP contribution < -0.4 is 9.47 Å². The van der Waals surface area contributed by atoms with Gasteiger partial charge in [-0.3, -0.25) is 0 Å². The molecule has 0 aliphatic heterocycles. The molecule has 0 amide bonds. The van der Waals surface area contributed by atoms with Crippen molar-refractivity contribution in [2.75, 3.05) is 7.11 Å². The van der Waals surface area contributed by atoms with E-state index in [1.54, 1.807) is 0 Å². The fourth-order valence-corrected chi connectivity index (χ4v) is 1.17. The first-order valence-electron chi connectivity index (χ1n) is 4.42. The summed E-state index contributed by atoms with van der Waals surface area (Å²) in [6.45, 7) is 0. The van der Waals surface area contributed by atoms with Gasteiger partial charge in [-0.15, -0.1) is 13.2 Å². The third-order valence-corrected chi connectivity index (χ3v) is 1.83. The van der Waals surface area contributed by atoms with Gasteiger partial charge < -0.3 is 19.6 Å². The zero-order chi connectivity index (χ0) is 14.8. The molecule has 0 N–H and O–H groups in total. The van der Waals surface area contributed by atoms with E-state index in [1.807, 2.05) is 0 Å². The number of nitrogens with zero attached hydrogens (tertiary/aromatic N) is 2. The van der Waals surface area contributed by atoms with Gasteiger partial charge >= 0.3 is 12.2 Å². The van der Waals surface area contributed by atoms with Crippen molar-refractivity contribution in [3.8, 4) is 11.5 Å². The fraction of sp³-hybridized carbons (Fsp3) is 0.375. The molecular weight excluding hydrogens is 283 g/mol. The summed E-state index contributed by atoms with van der Waals surface area (Å²) in [6, 6.07) is 0. The fourth-order valence-electron chi connectivity index (χ4n) is 1.17. The highest BCUT2D eigenvalue weighted by atomic mass is 19.4. The van der Waals surface area contributed by atoms with E-state index in [9.17, 15) is 32.1 Å². The van der Waals surface area contributed by atoms with Crippen LogP contribution in [0.1, 0.15) is 12.0 Å². The monoisotopic (exact) mass is 288 g/mol. The lowest BCUT2D eigenvalue weighted by Crippen LogP contribution is -2.19. The topological polar surface area (TPSA) is 74.5 Å². The molecule has 0 saturated heterocycles. The van der Waals surface area contributed by atoms with Crippen molar-refractivity contribution in [2.24, 2.45) is 0 Å². The predicted molar refractivity (Wildman–Crippen MR) is 49.1 cm³/mol. The Morgan fingerprint density at radius 2 is 1.95 bits per heavy atom. The van der Waals surface area contributed by atoms with E-state index in [1.165, 1.54) is 0 Å². The van der Waals surface area contributed by atoms with Crippen molar-refractivity contribution < 1.29 is 36.3 Å². The van der Waals surface area contributed by atoms with Gasteiger partial charge in [-0.2, -0.15) is 0 Å². The highest BCUT2D eigenvalue weighted by Crippen LogP contribution is 2.43. The van der Waals surface area contributed by atoms with Gasteiger partial charge in [0.05, 0.1) is 7.11 Å². The molecule has 0 atom stereocenters. The number of rotatable bonds is 4. The minimum absolute atomic E-state index is 0.229. The van der Waals surface area contributed by atoms with Crippen molar-refractivity contribution in [2.45, 2.75) is 12.8 Å². The Morgan fingerprint density at radius 3 is 2.32 bits per heavy atom. The third-order valence-electron chi connectivity index (χ3n) is 1.83.